The Morgan fingerprint density at radius 3 is 1.55 bits per heavy atom. The number of halogens is 2. The van der Waals surface area contributed by atoms with E-state index < -0.39 is 10.9 Å². The van der Waals surface area contributed by atoms with Crippen LogP contribution in [0.4, 0.5) is 8.78 Å². The molecule has 4 heteroatoms. The van der Waals surface area contributed by atoms with Crippen molar-refractivity contribution < 1.29 is 13.5 Å². The lowest BCUT2D eigenvalue weighted by molar-refractivity contribution is 0.414. The lowest BCUT2D eigenvalue weighted by Gasteiger charge is -2.12. The average Bonchev–Trinajstić information content (AvgIpc) is 2.68. The van der Waals surface area contributed by atoms with E-state index in [9.17, 15) is 8.78 Å². The van der Waals surface area contributed by atoms with Gasteiger partial charge in [0.05, 0.1) is 18.0 Å². The van der Waals surface area contributed by atoms with Crippen LogP contribution < -0.4 is 4.74 Å². The van der Waals surface area contributed by atoms with Crippen LogP contribution in [0.1, 0.15) is 25.0 Å². The quantitative estimate of drug-likeness (QED) is 0.393. The minimum Gasteiger partial charge on any atom is -0.497 e. The highest BCUT2D eigenvalue weighted by molar-refractivity contribution is 7.97. The molecule has 0 bridgehead atoms. The molecular formula is C25H23F2OS+. The van der Waals surface area contributed by atoms with E-state index in [4.69, 9.17) is 4.74 Å². The van der Waals surface area contributed by atoms with Gasteiger partial charge in [0.15, 0.2) is 14.7 Å². The van der Waals surface area contributed by atoms with Crippen LogP contribution >= 0.6 is 0 Å². The van der Waals surface area contributed by atoms with Crippen LogP contribution in [0.3, 0.4) is 0 Å². The van der Waals surface area contributed by atoms with Crippen molar-refractivity contribution in [1.29, 1.82) is 0 Å². The number of rotatable bonds is 6. The molecule has 0 aliphatic carbocycles. The van der Waals surface area contributed by atoms with Crippen LogP contribution in [0.15, 0.2) is 88.5 Å². The van der Waals surface area contributed by atoms with Gasteiger partial charge in [-0.1, -0.05) is 24.3 Å². The maximum absolute atomic E-state index is 14.4. The molecule has 0 fully saturated rings. The second-order valence-electron chi connectivity index (χ2n) is 6.89. The summed E-state index contributed by atoms with van der Waals surface area (Å²) in [5.74, 6) is 0.0344. The van der Waals surface area contributed by atoms with E-state index in [-0.39, 0.29) is 11.6 Å². The first kappa shape index (κ1) is 20.9. The lowest BCUT2D eigenvalue weighted by Crippen LogP contribution is -2.07. The molecule has 0 saturated heterocycles. The average molecular weight is 410 g/mol. The highest BCUT2D eigenvalue weighted by atomic mass is 32.2. The first-order valence-corrected chi connectivity index (χ1v) is 10.3. The molecule has 3 rings (SSSR count). The van der Waals surface area contributed by atoms with E-state index in [0.29, 0.717) is 0 Å². The van der Waals surface area contributed by atoms with E-state index in [2.05, 4.69) is 13.2 Å². The number of methoxy groups -OCH3 is 1. The zero-order valence-electron chi connectivity index (χ0n) is 16.8. The van der Waals surface area contributed by atoms with E-state index >= 15 is 0 Å². The van der Waals surface area contributed by atoms with Crippen LogP contribution in [0.2, 0.25) is 0 Å². The standard InChI is InChI=1S/C25H23F2OS/c1-16(2)18-10-20(26)14-24(12-18)29(23-8-6-22(28-5)7-9-23)25-13-19(17(3)4)11-21(27)15-25/h6-15H,1,3H2,2,4-5H3/q+1. The summed E-state index contributed by atoms with van der Waals surface area (Å²) in [6, 6.07) is 17.3. The summed E-state index contributed by atoms with van der Waals surface area (Å²) in [6.07, 6.45) is 0. The predicted octanol–water partition coefficient (Wildman–Crippen LogP) is 7.14. The summed E-state index contributed by atoms with van der Waals surface area (Å²) in [5.41, 5.74) is 2.99. The highest BCUT2D eigenvalue weighted by Crippen LogP contribution is 2.35. The molecule has 0 aromatic heterocycles. The molecule has 29 heavy (non-hydrogen) atoms. The lowest BCUT2D eigenvalue weighted by atomic mass is 10.1. The second-order valence-corrected chi connectivity index (χ2v) is 8.92. The number of allylic oxidation sites excluding steroid dienone is 2. The molecule has 0 saturated carbocycles. The van der Waals surface area contributed by atoms with Gasteiger partial charge in [-0.2, -0.15) is 0 Å². The largest absolute Gasteiger partial charge is 0.497 e. The molecule has 0 heterocycles. The van der Waals surface area contributed by atoms with Gasteiger partial charge in [-0.3, -0.25) is 0 Å². The Morgan fingerprint density at radius 1 is 0.724 bits per heavy atom. The third kappa shape index (κ3) is 4.77. The Labute approximate surface area is 173 Å². The molecule has 0 aliphatic heterocycles. The Morgan fingerprint density at radius 2 is 1.17 bits per heavy atom. The molecular weight excluding hydrogens is 386 g/mol. The van der Waals surface area contributed by atoms with Crippen LogP contribution in [0.5, 0.6) is 5.75 Å². The molecule has 148 valence electrons. The van der Waals surface area contributed by atoms with E-state index in [1.807, 2.05) is 50.2 Å². The predicted molar refractivity (Wildman–Crippen MR) is 117 cm³/mol. The van der Waals surface area contributed by atoms with Crippen molar-refractivity contribution >= 4 is 22.0 Å². The van der Waals surface area contributed by atoms with Gasteiger partial charge in [-0.05, 0) is 61.4 Å². The van der Waals surface area contributed by atoms with Gasteiger partial charge in [0.25, 0.3) is 0 Å². The van der Waals surface area contributed by atoms with Gasteiger partial charge in [-0.15, -0.1) is 0 Å². The van der Waals surface area contributed by atoms with Gasteiger partial charge in [0.2, 0.25) is 0 Å². The summed E-state index contributed by atoms with van der Waals surface area (Å²) >= 11 is 0. The van der Waals surface area contributed by atoms with E-state index in [1.165, 1.54) is 24.3 Å². The summed E-state index contributed by atoms with van der Waals surface area (Å²) in [7, 11) is 0.887. The summed E-state index contributed by atoms with van der Waals surface area (Å²) < 4.78 is 34.1. The Balaban J connectivity index is 2.25. The molecule has 0 unspecified atom stereocenters. The number of hydrogen-bond acceptors (Lipinski definition) is 1. The zero-order valence-corrected chi connectivity index (χ0v) is 17.6. The van der Waals surface area contributed by atoms with Gasteiger partial charge in [-0.25, -0.2) is 8.78 Å². The maximum Gasteiger partial charge on any atom is 0.170 e. The minimum absolute atomic E-state index is 0.344. The molecule has 1 nitrogen and oxygen atoms in total. The van der Waals surface area contributed by atoms with Crippen molar-refractivity contribution in [2.24, 2.45) is 0 Å². The SMILES string of the molecule is C=C(C)c1cc(F)cc([S+](c2ccc(OC)cc2)c2cc(F)cc(C(=C)C)c2)c1. The molecule has 0 atom stereocenters. The Kier molecular flexibility index (Phi) is 6.23. The molecule has 0 spiro atoms. The summed E-state index contributed by atoms with van der Waals surface area (Å²) in [4.78, 5) is 2.44. The van der Waals surface area contributed by atoms with Gasteiger partial charge in [0, 0.05) is 24.3 Å². The molecule has 0 amide bonds. The smallest absolute Gasteiger partial charge is 0.170 e. The van der Waals surface area contributed by atoms with Crippen LogP contribution in [0.25, 0.3) is 11.1 Å². The second kappa shape index (κ2) is 8.66. The minimum atomic E-state index is -0.717. The fourth-order valence-electron chi connectivity index (χ4n) is 2.97. The highest BCUT2D eigenvalue weighted by Gasteiger charge is 2.31. The Hall–Kier alpha value is -2.85. The summed E-state index contributed by atoms with van der Waals surface area (Å²) in [6.45, 7) is 11.5. The first-order valence-electron chi connectivity index (χ1n) is 9.10. The van der Waals surface area contributed by atoms with E-state index in [1.54, 1.807) is 7.11 Å². The monoisotopic (exact) mass is 409 g/mol. The molecule has 0 radical (unpaired) electrons. The molecule has 3 aromatic rings. The Bertz CT molecular complexity index is 1010. The third-order valence-corrected chi connectivity index (χ3v) is 6.65. The van der Waals surface area contributed by atoms with Crippen LogP contribution in [-0.2, 0) is 10.9 Å². The number of hydrogen-bond donors (Lipinski definition) is 0. The first-order chi connectivity index (χ1) is 13.8. The van der Waals surface area contributed by atoms with Crippen molar-refractivity contribution in [2.75, 3.05) is 7.11 Å². The normalized spacial score (nSPS) is 10.8. The fraction of sp³-hybridized carbons (Fsp3) is 0.120. The molecule has 0 N–H and O–H groups in total. The third-order valence-electron chi connectivity index (χ3n) is 4.49. The summed E-state index contributed by atoms with van der Waals surface area (Å²) in [5, 5.41) is 0. The molecule has 0 aliphatic rings. The van der Waals surface area contributed by atoms with Crippen molar-refractivity contribution in [2.45, 2.75) is 28.5 Å². The van der Waals surface area contributed by atoms with Gasteiger partial charge >= 0.3 is 0 Å². The van der Waals surface area contributed by atoms with Crippen molar-refractivity contribution in [3.8, 4) is 5.75 Å². The van der Waals surface area contributed by atoms with Gasteiger partial charge < -0.3 is 4.74 Å². The van der Waals surface area contributed by atoms with E-state index in [0.717, 1.165) is 42.7 Å². The zero-order chi connectivity index (χ0) is 21.1. The number of ether oxygens (including phenoxy) is 1. The topological polar surface area (TPSA) is 9.23 Å². The maximum atomic E-state index is 14.4. The van der Waals surface area contributed by atoms with Crippen LogP contribution in [0, 0.1) is 11.6 Å². The van der Waals surface area contributed by atoms with Gasteiger partial charge in [0.1, 0.15) is 17.4 Å². The number of benzene rings is 3. The van der Waals surface area contributed by atoms with Crippen LogP contribution in [-0.4, -0.2) is 7.11 Å². The molecule has 3 aromatic carbocycles. The van der Waals surface area contributed by atoms with Crippen molar-refractivity contribution in [1.82, 2.24) is 0 Å². The van der Waals surface area contributed by atoms with Crippen molar-refractivity contribution in [3.63, 3.8) is 0 Å². The fourth-order valence-corrected chi connectivity index (χ4v) is 5.15. The van der Waals surface area contributed by atoms with Crippen molar-refractivity contribution in [3.05, 3.63) is 96.6 Å².